The van der Waals surface area contributed by atoms with Gasteiger partial charge in [-0.3, -0.25) is 4.79 Å². The number of imide groups is 1. The minimum Gasteiger partial charge on any atom is -0.445 e. The first-order valence-electron chi connectivity index (χ1n) is 8.85. The van der Waals surface area contributed by atoms with Gasteiger partial charge in [0.2, 0.25) is 0 Å². The summed E-state index contributed by atoms with van der Waals surface area (Å²) in [4.78, 5) is 27.2. The van der Waals surface area contributed by atoms with Gasteiger partial charge in [0.25, 0.3) is 5.91 Å². The minimum absolute atomic E-state index is 0.166. The molecular formula is C18H27NO4SSi. The van der Waals surface area contributed by atoms with E-state index in [1.54, 1.807) is 12.2 Å². The van der Waals surface area contributed by atoms with Gasteiger partial charge in [-0.25, -0.2) is 9.69 Å². The van der Waals surface area contributed by atoms with Gasteiger partial charge in [0.05, 0.1) is 0 Å². The molecule has 1 aliphatic heterocycles. The topological polar surface area (TPSA) is 55.8 Å². The van der Waals surface area contributed by atoms with Crippen LogP contribution in [0.15, 0.2) is 29.7 Å². The summed E-state index contributed by atoms with van der Waals surface area (Å²) in [6, 6.07) is 6.39. The lowest BCUT2D eigenvalue weighted by Gasteiger charge is -2.47. The number of nitrogens with zero attached hydrogens (tertiary/aromatic N) is 1. The van der Waals surface area contributed by atoms with Crippen LogP contribution < -0.4 is 0 Å². The zero-order valence-electron chi connectivity index (χ0n) is 15.4. The average Bonchev–Trinajstić information content (AvgIpc) is 3.15. The average molecular weight is 382 g/mol. The van der Waals surface area contributed by atoms with E-state index in [0.29, 0.717) is 0 Å². The molecule has 1 saturated heterocycles. The number of hydrogen-bond acceptors (Lipinski definition) is 5. The predicted molar refractivity (Wildman–Crippen MR) is 102 cm³/mol. The van der Waals surface area contributed by atoms with Crippen LogP contribution in [0.5, 0.6) is 0 Å². The quantitative estimate of drug-likeness (QED) is 0.371. The Bertz CT molecular complexity index is 604. The second-order valence-electron chi connectivity index (χ2n) is 6.10. The summed E-state index contributed by atoms with van der Waals surface area (Å²) in [7, 11) is -1.95. The second kappa shape index (κ2) is 8.78. The third-order valence-electron chi connectivity index (χ3n) is 4.93. The van der Waals surface area contributed by atoms with Crippen molar-refractivity contribution >= 4 is 31.7 Å². The maximum Gasteiger partial charge on any atom is 0.417 e. The number of rotatable bonds is 8. The molecule has 0 aromatic carbocycles. The van der Waals surface area contributed by atoms with Crippen LogP contribution in [0.3, 0.4) is 0 Å². The molecule has 25 heavy (non-hydrogen) atoms. The molecule has 2 atom stereocenters. The fourth-order valence-corrected chi connectivity index (χ4v) is 6.68. The highest BCUT2D eigenvalue weighted by Crippen LogP contribution is 2.42. The maximum atomic E-state index is 12.7. The molecule has 5 nitrogen and oxygen atoms in total. The predicted octanol–water partition coefficient (Wildman–Crippen LogP) is 4.73. The Morgan fingerprint density at radius 3 is 2.52 bits per heavy atom. The molecule has 0 saturated carbocycles. The normalized spacial score (nSPS) is 20.8. The van der Waals surface area contributed by atoms with Gasteiger partial charge in [-0.2, -0.15) is 0 Å². The van der Waals surface area contributed by atoms with E-state index in [-0.39, 0.29) is 18.6 Å². The van der Waals surface area contributed by atoms with Crippen molar-refractivity contribution in [3.8, 4) is 0 Å². The van der Waals surface area contributed by atoms with Crippen LogP contribution in [0.2, 0.25) is 18.1 Å². The highest BCUT2D eigenvalue weighted by Gasteiger charge is 2.55. The van der Waals surface area contributed by atoms with E-state index in [2.05, 4.69) is 20.8 Å². The number of β-lactam (4-membered cyclic amide) rings is 1. The molecule has 0 spiro atoms. The molecule has 7 heteroatoms. The molecule has 0 aliphatic carbocycles. The molecule has 0 N–H and O–H groups in total. The van der Waals surface area contributed by atoms with Crippen molar-refractivity contribution < 1.29 is 18.8 Å². The van der Waals surface area contributed by atoms with Crippen molar-refractivity contribution in [2.75, 3.05) is 6.61 Å². The van der Waals surface area contributed by atoms with Crippen molar-refractivity contribution in [1.82, 2.24) is 4.90 Å². The Morgan fingerprint density at radius 2 is 2.00 bits per heavy atom. The van der Waals surface area contributed by atoms with Crippen molar-refractivity contribution in [3.05, 3.63) is 34.5 Å². The van der Waals surface area contributed by atoms with E-state index in [1.807, 2.05) is 24.4 Å². The smallest absolute Gasteiger partial charge is 0.417 e. The molecule has 1 aromatic rings. The third-order valence-corrected chi connectivity index (χ3v) is 10.5. The number of allylic oxidation sites excluding steroid dienone is 1. The fourth-order valence-electron chi connectivity index (χ4n) is 3.07. The minimum atomic E-state index is -1.95. The number of hydrogen-bond donors (Lipinski definition) is 0. The van der Waals surface area contributed by atoms with Gasteiger partial charge in [-0.15, -0.1) is 11.3 Å². The van der Waals surface area contributed by atoms with Gasteiger partial charge >= 0.3 is 6.09 Å². The lowest BCUT2D eigenvalue weighted by Crippen LogP contribution is -2.64. The number of ether oxygens (including phenoxy) is 1. The number of carbonyl (C=O) groups is 2. The number of thiophene rings is 1. The molecule has 0 radical (unpaired) electrons. The monoisotopic (exact) mass is 381 g/mol. The molecule has 1 aliphatic rings. The van der Waals surface area contributed by atoms with E-state index in [0.717, 1.165) is 23.0 Å². The van der Waals surface area contributed by atoms with Gasteiger partial charge < -0.3 is 9.16 Å². The molecule has 1 fully saturated rings. The van der Waals surface area contributed by atoms with E-state index >= 15 is 0 Å². The van der Waals surface area contributed by atoms with Crippen molar-refractivity contribution in [2.24, 2.45) is 0 Å². The van der Waals surface area contributed by atoms with E-state index in [4.69, 9.17) is 9.16 Å². The molecule has 138 valence electrons. The Balaban J connectivity index is 2.20. The largest absolute Gasteiger partial charge is 0.445 e. The maximum absolute atomic E-state index is 12.7. The van der Waals surface area contributed by atoms with Gasteiger partial charge in [-0.05, 0) is 36.5 Å². The summed E-state index contributed by atoms with van der Waals surface area (Å²) >= 11 is 1.53. The Morgan fingerprint density at radius 1 is 1.32 bits per heavy atom. The molecule has 2 rings (SSSR count). The molecule has 2 heterocycles. The van der Waals surface area contributed by atoms with Gasteiger partial charge in [0.15, 0.2) is 14.4 Å². The summed E-state index contributed by atoms with van der Waals surface area (Å²) < 4.78 is 11.6. The first-order valence-corrected chi connectivity index (χ1v) is 12.3. The van der Waals surface area contributed by atoms with E-state index in [1.165, 1.54) is 16.2 Å². The molecule has 1 aromatic heterocycles. The summed E-state index contributed by atoms with van der Waals surface area (Å²) in [6.07, 6.45) is 2.37. The van der Waals surface area contributed by atoms with Crippen LogP contribution >= 0.6 is 11.3 Å². The second-order valence-corrected chi connectivity index (χ2v) is 11.8. The van der Waals surface area contributed by atoms with Crippen LogP contribution in [0.25, 0.3) is 0 Å². The Kier molecular flexibility index (Phi) is 6.98. The first kappa shape index (κ1) is 19.9. The van der Waals surface area contributed by atoms with Crippen LogP contribution in [0.4, 0.5) is 4.79 Å². The summed E-state index contributed by atoms with van der Waals surface area (Å²) in [5.41, 5.74) is 0. The number of carbonyl (C=O) groups excluding carboxylic acids is 2. The fraction of sp³-hybridized carbons (Fsp3) is 0.556. The molecule has 2 unspecified atom stereocenters. The van der Waals surface area contributed by atoms with E-state index in [9.17, 15) is 9.59 Å². The van der Waals surface area contributed by atoms with Gasteiger partial charge in [0, 0.05) is 4.88 Å². The van der Waals surface area contributed by atoms with Crippen LogP contribution in [-0.2, 0) is 14.0 Å². The van der Waals surface area contributed by atoms with E-state index < -0.39 is 20.5 Å². The molecular weight excluding hydrogens is 354 g/mol. The summed E-state index contributed by atoms with van der Waals surface area (Å²) in [5.74, 6) is -0.281. The highest BCUT2D eigenvalue weighted by molar-refractivity contribution is 7.10. The zero-order valence-corrected chi connectivity index (χ0v) is 17.2. The van der Waals surface area contributed by atoms with Crippen LogP contribution in [0.1, 0.15) is 38.6 Å². The lowest BCUT2D eigenvalue weighted by atomic mass is 9.97. The highest BCUT2D eigenvalue weighted by atomic mass is 32.1. The van der Waals surface area contributed by atoms with Crippen LogP contribution in [0, 0.1) is 0 Å². The Hall–Kier alpha value is -1.44. The number of likely N-dealkylation sites (tertiary alicyclic amines) is 1. The number of amides is 2. The SMILES string of the molecule is C/C=C\COC(=O)N1C(=O)C(O[Si](CC)(CC)CC)C1c1cccs1. The summed E-state index contributed by atoms with van der Waals surface area (Å²) in [6.45, 7) is 8.41. The standard InChI is InChI=1S/C18H27NO4SSi/c1-5-9-12-22-18(21)19-15(14-11-10-13-24-14)16(17(19)20)23-25(6-2,7-3)8-4/h5,9-11,13,15-16H,6-8,12H2,1-4H3/b9-5-. The van der Waals surface area contributed by atoms with Gasteiger partial charge in [-0.1, -0.05) is 39.0 Å². The molecule has 0 bridgehead atoms. The van der Waals surface area contributed by atoms with Crippen LogP contribution in [-0.4, -0.2) is 37.9 Å². The lowest BCUT2D eigenvalue weighted by molar-refractivity contribution is -0.160. The van der Waals surface area contributed by atoms with Crippen molar-refractivity contribution in [1.29, 1.82) is 0 Å². The zero-order chi connectivity index (χ0) is 18.4. The third kappa shape index (κ3) is 4.04. The Labute approximate surface area is 154 Å². The summed E-state index contributed by atoms with van der Waals surface area (Å²) in [5, 5.41) is 1.95. The van der Waals surface area contributed by atoms with Crippen molar-refractivity contribution in [2.45, 2.75) is 58.0 Å². The van der Waals surface area contributed by atoms with Crippen molar-refractivity contribution in [3.63, 3.8) is 0 Å². The molecule has 2 amide bonds. The first-order chi connectivity index (χ1) is 12.0. The van der Waals surface area contributed by atoms with Gasteiger partial charge in [0.1, 0.15) is 12.6 Å².